The van der Waals surface area contributed by atoms with Crippen molar-refractivity contribution < 1.29 is 10.2 Å². The van der Waals surface area contributed by atoms with Crippen molar-refractivity contribution in [3.63, 3.8) is 0 Å². The van der Waals surface area contributed by atoms with Crippen LogP contribution >= 0.6 is 0 Å². The minimum atomic E-state index is -0.0344. The van der Waals surface area contributed by atoms with E-state index in [1.807, 2.05) is 0 Å². The molecule has 48 valence electrons. The summed E-state index contributed by atoms with van der Waals surface area (Å²) >= 11 is 0. The van der Waals surface area contributed by atoms with Gasteiger partial charge in [0.25, 0.3) is 0 Å². The molecule has 0 atom stereocenters. The predicted molar refractivity (Wildman–Crippen MR) is 32.3 cm³/mol. The molecule has 0 heterocycles. The van der Waals surface area contributed by atoms with Crippen LogP contribution in [0.3, 0.4) is 0 Å². The minimum Gasteiger partial charge on any atom is -0.872 e. The zero-order valence-electron chi connectivity index (χ0n) is 5.09. The van der Waals surface area contributed by atoms with Gasteiger partial charge in [0.15, 0.2) is 0 Å². The minimum absolute atomic E-state index is 0.0344. The van der Waals surface area contributed by atoms with Gasteiger partial charge in [0, 0.05) is 0 Å². The molecule has 2 heteroatoms. The standard InChI is InChI=1S/C7H8O2/c1-5-4-6(8)2-3-7(5)9/h2-4,8-9H,1H3/p-1. The monoisotopic (exact) mass is 123 g/mol. The van der Waals surface area contributed by atoms with Crippen molar-refractivity contribution in [1.82, 2.24) is 0 Å². The van der Waals surface area contributed by atoms with E-state index in [0.29, 0.717) is 5.56 Å². The van der Waals surface area contributed by atoms with Crippen LogP contribution in [0.15, 0.2) is 18.2 Å². The molecule has 9 heavy (non-hydrogen) atoms. The molecule has 0 aliphatic heterocycles. The van der Waals surface area contributed by atoms with Crippen molar-refractivity contribution >= 4 is 0 Å². The molecule has 0 amide bonds. The Kier molecular flexibility index (Phi) is 1.30. The van der Waals surface area contributed by atoms with Gasteiger partial charge in [-0.15, -0.1) is 5.75 Å². The number of phenolic OH excluding ortho intramolecular Hbond substituents is 1. The third kappa shape index (κ3) is 1.13. The average Bonchev–Trinajstić information content (AvgIpc) is 1.80. The lowest BCUT2D eigenvalue weighted by atomic mass is 10.2. The van der Waals surface area contributed by atoms with Crippen LogP contribution in [0.2, 0.25) is 0 Å². The molecule has 1 N–H and O–H groups in total. The lowest BCUT2D eigenvalue weighted by Gasteiger charge is -2.07. The number of rotatable bonds is 0. The van der Waals surface area contributed by atoms with Gasteiger partial charge in [0.2, 0.25) is 0 Å². The quantitative estimate of drug-likeness (QED) is 0.553. The molecule has 0 unspecified atom stereocenters. The summed E-state index contributed by atoms with van der Waals surface area (Å²) < 4.78 is 0. The van der Waals surface area contributed by atoms with Crippen LogP contribution in [0.5, 0.6) is 11.5 Å². The van der Waals surface area contributed by atoms with Crippen molar-refractivity contribution in [2.45, 2.75) is 6.92 Å². The molecule has 0 radical (unpaired) electrons. The van der Waals surface area contributed by atoms with Crippen molar-refractivity contribution in [3.8, 4) is 11.5 Å². The second-order valence-corrected chi connectivity index (χ2v) is 1.95. The first-order valence-corrected chi connectivity index (χ1v) is 2.67. The summed E-state index contributed by atoms with van der Waals surface area (Å²) in [6.07, 6.45) is 0. The second kappa shape index (κ2) is 1.97. The van der Waals surface area contributed by atoms with E-state index >= 15 is 0 Å². The zero-order chi connectivity index (χ0) is 6.85. The van der Waals surface area contributed by atoms with Gasteiger partial charge in [-0.05, 0) is 19.1 Å². The Bertz CT molecular complexity index is 218. The number of aromatic hydroxyl groups is 1. The van der Waals surface area contributed by atoms with Gasteiger partial charge in [-0.3, -0.25) is 0 Å². The molecule has 0 fully saturated rings. The number of phenols is 1. The van der Waals surface area contributed by atoms with E-state index in [-0.39, 0.29) is 11.5 Å². The summed E-state index contributed by atoms with van der Waals surface area (Å²) in [6, 6.07) is 4.18. The summed E-state index contributed by atoms with van der Waals surface area (Å²) in [5.74, 6) is 0.111. The molecule has 1 rings (SSSR count). The smallest absolute Gasteiger partial charge is 0.115 e. The van der Waals surface area contributed by atoms with E-state index in [4.69, 9.17) is 5.11 Å². The van der Waals surface area contributed by atoms with Crippen LogP contribution in [-0.4, -0.2) is 5.11 Å². The average molecular weight is 123 g/mol. The van der Waals surface area contributed by atoms with E-state index in [2.05, 4.69) is 0 Å². The summed E-state index contributed by atoms with van der Waals surface area (Å²) in [5, 5.41) is 19.5. The molecular formula is C7H7O2-. The molecule has 0 spiro atoms. The van der Waals surface area contributed by atoms with Gasteiger partial charge in [-0.2, -0.15) is 0 Å². The van der Waals surface area contributed by atoms with Crippen LogP contribution in [0.25, 0.3) is 0 Å². The highest BCUT2D eigenvalue weighted by molar-refractivity contribution is 5.36. The lowest BCUT2D eigenvalue weighted by Crippen LogP contribution is -1.91. The molecule has 2 nitrogen and oxygen atoms in total. The Labute approximate surface area is 53.4 Å². The van der Waals surface area contributed by atoms with Gasteiger partial charge in [0.05, 0.1) is 0 Å². The van der Waals surface area contributed by atoms with Gasteiger partial charge in [-0.25, -0.2) is 0 Å². The summed E-state index contributed by atoms with van der Waals surface area (Å²) in [4.78, 5) is 0. The topological polar surface area (TPSA) is 43.3 Å². The van der Waals surface area contributed by atoms with Crippen LogP contribution in [0.1, 0.15) is 5.56 Å². The lowest BCUT2D eigenvalue weighted by molar-refractivity contribution is -0.269. The SMILES string of the molecule is Cc1cc(O)ccc1[O-]. The molecule has 0 saturated heterocycles. The molecule has 0 aliphatic rings. The van der Waals surface area contributed by atoms with Crippen LogP contribution < -0.4 is 5.11 Å². The molecule has 0 aliphatic carbocycles. The molecule has 0 aromatic heterocycles. The summed E-state index contributed by atoms with van der Waals surface area (Å²) in [5.41, 5.74) is 0.579. The maximum atomic E-state index is 10.7. The van der Waals surface area contributed by atoms with Gasteiger partial charge < -0.3 is 10.2 Å². The van der Waals surface area contributed by atoms with Crippen molar-refractivity contribution in [3.05, 3.63) is 23.8 Å². The zero-order valence-corrected chi connectivity index (χ0v) is 5.09. The van der Waals surface area contributed by atoms with E-state index in [0.717, 1.165) is 0 Å². The molecular weight excluding hydrogens is 116 g/mol. The number of hydrogen-bond acceptors (Lipinski definition) is 2. The number of hydrogen-bond donors (Lipinski definition) is 1. The van der Waals surface area contributed by atoms with E-state index in [1.165, 1.54) is 18.2 Å². The van der Waals surface area contributed by atoms with Gasteiger partial charge >= 0.3 is 0 Å². The van der Waals surface area contributed by atoms with Gasteiger partial charge in [-0.1, -0.05) is 11.6 Å². The Morgan fingerprint density at radius 1 is 1.44 bits per heavy atom. The van der Waals surface area contributed by atoms with Crippen LogP contribution in [-0.2, 0) is 0 Å². The molecule has 0 saturated carbocycles. The first-order chi connectivity index (χ1) is 4.20. The molecule has 1 aromatic rings. The Morgan fingerprint density at radius 3 is 2.56 bits per heavy atom. The van der Waals surface area contributed by atoms with Crippen molar-refractivity contribution in [2.24, 2.45) is 0 Å². The number of aryl methyl sites for hydroxylation is 1. The van der Waals surface area contributed by atoms with Crippen molar-refractivity contribution in [2.75, 3.05) is 0 Å². The molecule has 0 bridgehead atoms. The second-order valence-electron chi connectivity index (χ2n) is 1.95. The highest BCUT2D eigenvalue weighted by Crippen LogP contribution is 2.17. The first-order valence-electron chi connectivity index (χ1n) is 2.67. The largest absolute Gasteiger partial charge is 0.872 e. The van der Waals surface area contributed by atoms with Crippen molar-refractivity contribution in [1.29, 1.82) is 0 Å². The van der Waals surface area contributed by atoms with E-state index in [9.17, 15) is 5.11 Å². The fourth-order valence-electron chi connectivity index (χ4n) is 0.634. The molecule has 1 aromatic carbocycles. The summed E-state index contributed by atoms with van der Waals surface area (Å²) in [7, 11) is 0. The maximum absolute atomic E-state index is 10.7. The normalized spacial score (nSPS) is 9.44. The maximum Gasteiger partial charge on any atom is 0.115 e. The Balaban J connectivity index is 3.17. The van der Waals surface area contributed by atoms with Gasteiger partial charge in [0.1, 0.15) is 5.75 Å². The highest BCUT2D eigenvalue weighted by atomic mass is 16.3. The van der Waals surface area contributed by atoms with Crippen LogP contribution in [0.4, 0.5) is 0 Å². The fraction of sp³-hybridized carbons (Fsp3) is 0.143. The van der Waals surface area contributed by atoms with Crippen LogP contribution in [0, 0.1) is 6.92 Å². The Hall–Kier alpha value is -1.18. The third-order valence-electron chi connectivity index (χ3n) is 1.16. The first kappa shape index (κ1) is 5.95. The third-order valence-corrected chi connectivity index (χ3v) is 1.16. The van der Waals surface area contributed by atoms with E-state index < -0.39 is 0 Å². The van der Waals surface area contributed by atoms with E-state index in [1.54, 1.807) is 6.92 Å². The summed E-state index contributed by atoms with van der Waals surface area (Å²) in [6.45, 7) is 1.67. The predicted octanol–water partition coefficient (Wildman–Crippen LogP) is 0.774. The fourth-order valence-corrected chi connectivity index (χ4v) is 0.634. The Morgan fingerprint density at radius 2 is 2.11 bits per heavy atom. The highest BCUT2D eigenvalue weighted by Gasteiger charge is 1.86. The number of benzene rings is 1.